The summed E-state index contributed by atoms with van der Waals surface area (Å²) in [4.78, 5) is 18.5. The van der Waals surface area contributed by atoms with E-state index in [0.717, 1.165) is 18.4 Å². The Hall–Kier alpha value is -2.41. The quantitative estimate of drug-likeness (QED) is 0.917. The van der Waals surface area contributed by atoms with Gasteiger partial charge in [0.05, 0.1) is 18.4 Å². The molecule has 0 spiro atoms. The van der Waals surface area contributed by atoms with Gasteiger partial charge in [0, 0.05) is 19.3 Å². The molecule has 1 aliphatic heterocycles. The van der Waals surface area contributed by atoms with Gasteiger partial charge < -0.3 is 19.9 Å². The molecule has 128 valence electrons. The maximum atomic E-state index is 12.7. The van der Waals surface area contributed by atoms with E-state index in [2.05, 4.69) is 10.1 Å². The minimum atomic E-state index is -0.0345. The van der Waals surface area contributed by atoms with E-state index in [0.29, 0.717) is 42.5 Å². The molecule has 2 aromatic rings. The predicted molar refractivity (Wildman–Crippen MR) is 88.6 cm³/mol. The molecule has 1 amide bonds. The summed E-state index contributed by atoms with van der Waals surface area (Å²) in [5.41, 5.74) is 8.03. The number of pyridine rings is 1. The molecule has 1 aliphatic rings. The van der Waals surface area contributed by atoms with Gasteiger partial charge in [0.1, 0.15) is 17.1 Å². The van der Waals surface area contributed by atoms with E-state index >= 15 is 0 Å². The normalized spacial score (nSPS) is 17.9. The summed E-state index contributed by atoms with van der Waals surface area (Å²) >= 11 is 0. The number of hydrogen-bond acceptors (Lipinski definition) is 6. The average Bonchev–Trinajstić information content (AvgIpc) is 2.91. The van der Waals surface area contributed by atoms with Gasteiger partial charge in [0.15, 0.2) is 0 Å². The zero-order valence-corrected chi connectivity index (χ0v) is 14.0. The smallest absolute Gasteiger partial charge is 0.259 e. The van der Waals surface area contributed by atoms with E-state index in [-0.39, 0.29) is 12.0 Å². The predicted octanol–water partition coefficient (Wildman–Crippen LogP) is 1.74. The number of nitrogen functional groups attached to an aromatic ring is 1. The van der Waals surface area contributed by atoms with Crippen molar-refractivity contribution in [2.75, 3.05) is 25.4 Å². The first-order valence-corrected chi connectivity index (χ1v) is 8.08. The fourth-order valence-electron chi connectivity index (χ4n) is 3.00. The highest BCUT2D eigenvalue weighted by molar-refractivity contribution is 5.96. The first-order chi connectivity index (χ1) is 11.5. The number of nitrogens with two attached hydrogens (primary N) is 1. The zero-order valence-electron chi connectivity index (χ0n) is 14.0. The second-order valence-corrected chi connectivity index (χ2v) is 6.07. The molecule has 1 fully saturated rings. The molecule has 0 saturated carbocycles. The third-order valence-electron chi connectivity index (χ3n) is 4.27. The fraction of sp³-hybridized carbons (Fsp3) is 0.471. The summed E-state index contributed by atoms with van der Waals surface area (Å²) < 4.78 is 10.9. The van der Waals surface area contributed by atoms with Crippen molar-refractivity contribution < 1.29 is 14.1 Å². The van der Waals surface area contributed by atoms with Crippen molar-refractivity contribution in [2.45, 2.75) is 32.8 Å². The summed E-state index contributed by atoms with van der Waals surface area (Å²) in [7, 11) is 0. The molecule has 0 radical (unpaired) electrons. The standard InChI is InChI=1S/C17H22N4O3/c1-11-16(12(2)24-20-11)17(22)21-7-8-23-14(10-21)4-3-13-5-6-19-15(18)9-13/h5-6,9,14H,3-4,7-8,10H2,1-2H3,(H2,18,19)/t14-/m1/s1. The number of amides is 1. The maximum absolute atomic E-state index is 12.7. The highest BCUT2D eigenvalue weighted by Gasteiger charge is 2.28. The first kappa shape index (κ1) is 16.4. The van der Waals surface area contributed by atoms with Crippen molar-refractivity contribution in [1.29, 1.82) is 0 Å². The molecule has 1 atom stereocenters. The minimum absolute atomic E-state index is 0.0116. The zero-order chi connectivity index (χ0) is 17.1. The third kappa shape index (κ3) is 3.56. The molecular formula is C17H22N4O3. The summed E-state index contributed by atoms with van der Waals surface area (Å²) in [5, 5.41) is 3.86. The molecule has 2 aromatic heterocycles. The van der Waals surface area contributed by atoms with E-state index in [1.165, 1.54) is 0 Å². The molecular weight excluding hydrogens is 308 g/mol. The number of carbonyl (C=O) groups is 1. The van der Waals surface area contributed by atoms with E-state index in [1.54, 1.807) is 20.0 Å². The minimum Gasteiger partial charge on any atom is -0.384 e. The van der Waals surface area contributed by atoms with Crippen LogP contribution in [0.2, 0.25) is 0 Å². The van der Waals surface area contributed by atoms with Crippen LogP contribution in [0.5, 0.6) is 0 Å². The number of aryl methyl sites for hydroxylation is 3. The molecule has 0 aliphatic carbocycles. The number of rotatable bonds is 4. The first-order valence-electron chi connectivity index (χ1n) is 8.08. The van der Waals surface area contributed by atoms with Crippen LogP contribution >= 0.6 is 0 Å². The van der Waals surface area contributed by atoms with Gasteiger partial charge in [-0.3, -0.25) is 4.79 Å². The second-order valence-electron chi connectivity index (χ2n) is 6.07. The molecule has 3 rings (SSSR count). The van der Waals surface area contributed by atoms with Crippen LogP contribution < -0.4 is 5.73 Å². The maximum Gasteiger partial charge on any atom is 0.259 e. The van der Waals surface area contributed by atoms with E-state index in [9.17, 15) is 4.79 Å². The van der Waals surface area contributed by atoms with Gasteiger partial charge in [-0.05, 0) is 44.4 Å². The second kappa shape index (κ2) is 7.00. The van der Waals surface area contributed by atoms with E-state index < -0.39 is 0 Å². The Morgan fingerprint density at radius 2 is 2.29 bits per heavy atom. The lowest BCUT2D eigenvalue weighted by Gasteiger charge is -2.33. The Bertz CT molecular complexity index is 709. The summed E-state index contributed by atoms with van der Waals surface area (Å²) in [6.07, 6.45) is 3.39. The van der Waals surface area contributed by atoms with Crippen molar-refractivity contribution in [1.82, 2.24) is 15.0 Å². The van der Waals surface area contributed by atoms with Gasteiger partial charge in [-0.1, -0.05) is 5.16 Å². The molecule has 1 saturated heterocycles. The van der Waals surface area contributed by atoms with Crippen LogP contribution in [0.1, 0.15) is 33.8 Å². The topological polar surface area (TPSA) is 94.5 Å². The van der Waals surface area contributed by atoms with Gasteiger partial charge in [-0.15, -0.1) is 0 Å². The van der Waals surface area contributed by atoms with Gasteiger partial charge >= 0.3 is 0 Å². The molecule has 0 aromatic carbocycles. The highest BCUT2D eigenvalue weighted by Crippen LogP contribution is 2.19. The summed E-state index contributed by atoms with van der Waals surface area (Å²) in [5.74, 6) is 1.05. The SMILES string of the molecule is Cc1noc(C)c1C(=O)N1CCO[C@H](CCc2ccnc(N)c2)C1. The van der Waals surface area contributed by atoms with Gasteiger partial charge in [-0.2, -0.15) is 0 Å². The number of morpholine rings is 1. The Morgan fingerprint density at radius 3 is 3.00 bits per heavy atom. The monoisotopic (exact) mass is 330 g/mol. The Labute approximate surface area is 140 Å². The van der Waals surface area contributed by atoms with Gasteiger partial charge in [0.25, 0.3) is 5.91 Å². The number of anilines is 1. The van der Waals surface area contributed by atoms with Crippen molar-refractivity contribution >= 4 is 11.7 Å². The van der Waals surface area contributed by atoms with Crippen LogP contribution in [0.25, 0.3) is 0 Å². The molecule has 3 heterocycles. The number of hydrogen-bond donors (Lipinski definition) is 1. The Balaban J connectivity index is 1.61. The van der Waals surface area contributed by atoms with Crippen molar-refractivity contribution in [3.05, 3.63) is 40.9 Å². The third-order valence-corrected chi connectivity index (χ3v) is 4.27. The van der Waals surface area contributed by atoms with Crippen molar-refractivity contribution in [3.63, 3.8) is 0 Å². The number of ether oxygens (including phenoxy) is 1. The van der Waals surface area contributed by atoms with E-state index in [1.807, 2.05) is 17.0 Å². The van der Waals surface area contributed by atoms with Crippen LogP contribution in [-0.2, 0) is 11.2 Å². The van der Waals surface area contributed by atoms with Crippen LogP contribution in [0, 0.1) is 13.8 Å². The summed E-state index contributed by atoms with van der Waals surface area (Å²) in [6.45, 7) is 5.25. The van der Waals surface area contributed by atoms with Crippen LogP contribution in [0.15, 0.2) is 22.9 Å². The Kier molecular flexibility index (Phi) is 4.80. The largest absolute Gasteiger partial charge is 0.384 e. The van der Waals surface area contributed by atoms with E-state index in [4.69, 9.17) is 15.0 Å². The molecule has 0 bridgehead atoms. The number of aromatic nitrogens is 2. The van der Waals surface area contributed by atoms with Gasteiger partial charge in [0.2, 0.25) is 0 Å². The number of carbonyl (C=O) groups excluding carboxylic acids is 1. The molecule has 7 nitrogen and oxygen atoms in total. The lowest BCUT2D eigenvalue weighted by atomic mass is 10.1. The molecule has 0 unspecified atom stereocenters. The van der Waals surface area contributed by atoms with Crippen molar-refractivity contribution in [3.8, 4) is 0 Å². The lowest BCUT2D eigenvalue weighted by molar-refractivity contribution is -0.0246. The molecule has 24 heavy (non-hydrogen) atoms. The van der Waals surface area contributed by atoms with Crippen LogP contribution in [0.3, 0.4) is 0 Å². The van der Waals surface area contributed by atoms with Gasteiger partial charge in [-0.25, -0.2) is 4.98 Å². The molecule has 7 heteroatoms. The van der Waals surface area contributed by atoms with Crippen LogP contribution in [-0.4, -0.2) is 46.7 Å². The summed E-state index contributed by atoms with van der Waals surface area (Å²) in [6, 6.07) is 3.82. The van der Waals surface area contributed by atoms with Crippen molar-refractivity contribution in [2.24, 2.45) is 0 Å². The Morgan fingerprint density at radius 1 is 1.46 bits per heavy atom. The van der Waals surface area contributed by atoms with Crippen LogP contribution in [0.4, 0.5) is 5.82 Å². The lowest BCUT2D eigenvalue weighted by Crippen LogP contribution is -2.46. The fourth-order valence-corrected chi connectivity index (χ4v) is 3.00. The molecule has 2 N–H and O–H groups in total. The number of nitrogens with zero attached hydrogens (tertiary/aromatic N) is 3. The average molecular weight is 330 g/mol. The highest BCUT2D eigenvalue weighted by atomic mass is 16.5.